The zero-order chi connectivity index (χ0) is 22.2. The number of aromatic amines is 1. The molecule has 7 heteroatoms. The second-order valence-electron chi connectivity index (χ2n) is 7.59. The van der Waals surface area contributed by atoms with Gasteiger partial charge in [0.15, 0.2) is 0 Å². The molecule has 0 bridgehead atoms. The number of carbonyl (C=O) groups excluding carboxylic acids is 2. The molecule has 5 rings (SSSR count). The van der Waals surface area contributed by atoms with Gasteiger partial charge in [0.1, 0.15) is 17.5 Å². The lowest BCUT2D eigenvalue weighted by Crippen LogP contribution is -2.29. The van der Waals surface area contributed by atoms with Crippen molar-refractivity contribution in [1.82, 2.24) is 10.2 Å². The molecule has 1 atom stereocenters. The summed E-state index contributed by atoms with van der Waals surface area (Å²) < 4.78 is 10.8. The van der Waals surface area contributed by atoms with Crippen molar-refractivity contribution in [2.24, 2.45) is 0 Å². The highest BCUT2D eigenvalue weighted by atomic mass is 16.5. The Morgan fingerprint density at radius 2 is 1.88 bits per heavy atom. The van der Waals surface area contributed by atoms with Crippen LogP contribution in [0.15, 0.2) is 71.3 Å². The summed E-state index contributed by atoms with van der Waals surface area (Å²) in [4.78, 5) is 27.1. The normalized spacial score (nSPS) is 15.1. The van der Waals surface area contributed by atoms with E-state index in [0.29, 0.717) is 35.0 Å². The van der Waals surface area contributed by atoms with Gasteiger partial charge >= 0.3 is 5.97 Å². The Labute approximate surface area is 184 Å². The number of nitrogens with zero attached hydrogens (tertiary/aromatic N) is 2. The number of aryl methyl sites for hydroxylation is 1. The van der Waals surface area contributed by atoms with Crippen molar-refractivity contribution in [1.29, 1.82) is 0 Å². The van der Waals surface area contributed by atoms with Crippen molar-refractivity contribution >= 4 is 17.6 Å². The fourth-order valence-electron chi connectivity index (χ4n) is 4.03. The summed E-state index contributed by atoms with van der Waals surface area (Å²) in [6.45, 7) is 4.08. The molecule has 3 heterocycles. The van der Waals surface area contributed by atoms with Crippen molar-refractivity contribution in [2.45, 2.75) is 19.9 Å². The van der Waals surface area contributed by atoms with Gasteiger partial charge < -0.3 is 9.15 Å². The van der Waals surface area contributed by atoms with Gasteiger partial charge in [0.05, 0.1) is 24.1 Å². The molecule has 1 unspecified atom stereocenters. The summed E-state index contributed by atoms with van der Waals surface area (Å²) in [5.74, 6) is 0.0166. The number of benzene rings is 2. The molecule has 4 aromatic rings. The molecular weight excluding hydrogens is 406 g/mol. The van der Waals surface area contributed by atoms with Gasteiger partial charge in [0.25, 0.3) is 5.91 Å². The molecular formula is C25H21N3O4. The predicted molar refractivity (Wildman–Crippen MR) is 119 cm³/mol. The first-order valence-electron chi connectivity index (χ1n) is 10.4. The second kappa shape index (κ2) is 7.85. The minimum atomic E-state index is -0.490. The van der Waals surface area contributed by atoms with Crippen LogP contribution in [0.4, 0.5) is 5.69 Å². The summed E-state index contributed by atoms with van der Waals surface area (Å²) in [5.41, 5.74) is 5.03. The number of rotatable bonds is 5. The van der Waals surface area contributed by atoms with Gasteiger partial charge in [-0.15, -0.1) is 0 Å². The smallest absolute Gasteiger partial charge is 0.338 e. The Morgan fingerprint density at radius 1 is 1.12 bits per heavy atom. The van der Waals surface area contributed by atoms with Crippen LogP contribution >= 0.6 is 0 Å². The molecule has 0 spiro atoms. The number of furan rings is 1. The lowest BCUT2D eigenvalue weighted by atomic mass is 9.99. The summed E-state index contributed by atoms with van der Waals surface area (Å²) >= 11 is 0. The number of nitrogens with one attached hydrogen (secondary N) is 1. The van der Waals surface area contributed by atoms with Crippen LogP contribution in [0.5, 0.6) is 0 Å². The monoisotopic (exact) mass is 427 g/mol. The largest absolute Gasteiger partial charge is 0.467 e. The number of carbonyl (C=O) groups is 2. The molecule has 0 saturated carbocycles. The molecule has 0 fully saturated rings. The predicted octanol–water partition coefficient (Wildman–Crippen LogP) is 4.90. The zero-order valence-electron chi connectivity index (χ0n) is 17.7. The lowest BCUT2D eigenvalue weighted by Gasteiger charge is -2.24. The molecule has 0 aliphatic carbocycles. The van der Waals surface area contributed by atoms with E-state index >= 15 is 0 Å². The van der Waals surface area contributed by atoms with E-state index < -0.39 is 12.0 Å². The van der Waals surface area contributed by atoms with Crippen LogP contribution in [0.3, 0.4) is 0 Å². The Balaban J connectivity index is 1.60. The van der Waals surface area contributed by atoms with Gasteiger partial charge in [0.2, 0.25) is 0 Å². The third kappa shape index (κ3) is 3.19. The second-order valence-corrected chi connectivity index (χ2v) is 7.59. The first kappa shape index (κ1) is 19.8. The number of amides is 1. The van der Waals surface area contributed by atoms with Crippen molar-refractivity contribution in [3.8, 4) is 11.3 Å². The van der Waals surface area contributed by atoms with Crippen LogP contribution in [0, 0.1) is 6.92 Å². The number of ether oxygens (including phenoxy) is 1. The highest BCUT2D eigenvalue weighted by Crippen LogP contribution is 2.45. The van der Waals surface area contributed by atoms with Crippen LogP contribution < -0.4 is 4.90 Å². The first-order valence-corrected chi connectivity index (χ1v) is 10.4. The molecule has 1 aliphatic heterocycles. The third-order valence-corrected chi connectivity index (χ3v) is 5.56. The Hall–Kier alpha value is -4.13. The Kier molecular flexibility index (Phi) is 4.86. The van der Waals surface area contributed by atoms with Crippen LogP contribution in [0.2, 0.25) is 0 Å². The van der Waals surface area contributed by atoms with Crippen molar-refractivity contribution < 1.29 is 18.7 Å². The molecule has 1 amide bonds. The zero-order valence-corrected chi connectivity index (χ0v) is 17.7. The fraction of sp³-hybridized carbons (Fsp3) is 0.160. The van der Waals surface area contributed by atoms with Gasteiger partial charge in [-0.2, -0.15) is 5.10 Å². The van der Waals surface area contributed by atoms with E-state index in [0.717, 1.165) is 16.7 Å². The van der Waals surface area contributed by atoms with Crippen molar-refractivity contribution in [3.05, 3.63) is 95.1 Å². The van der Waals surface area contributed by atoms with Gasteiger partial charge in [-0.1, -0.05) is 29.8 Å². The van der Waals surface area contributed by atoms with E-state index in [1.165, 1.54) is 0 Å². The average molecular weight is 427 g/mol. The van der Waals surface area contributed by atoms with Gasteiger partial charge in [-0.25, -0.2) is 4.79 Å². The van der Waals surface area contributed by atoms with Gasteiger partial charge in [0, 0.05) is 16.8 Å². The van der Waals surface area contributed by atoms with Crippen LogP contribution in [0.25, 0.3) is 11.3 Å². The number of fused-ring (bicyclic) bond motifs is 1. The molecule has 0 radical (unpaired) electrons. The molecule has 160 valence electrons. The maximum absolute atomic E-state index is 13.4. The molecule has 2 aromatic carbocycles. The number of esters is 1. The molecule has 1 N–H and O–H groups in total. The van der Waals surface area contributed by atoms with Crippen molar-refractivity contribution in [2.75, 3.05) is 11.5 Å². The molecule has 1 aliphatic rings. The van der Waals surface area contributed by atoms with E-state index in [4.69, 9.17) is 9.15 Å². The summed E-state index contributed by atoms with van der Waals surface area (Å²) in [6.07, 6.45) is 1.59. The number of H-pyrrole nitrogens is 1. The Bertz CT molecular complexity index is 1270. The summed E-state index contributed by atoms with van der Waals surface area (Å²) in [5, 5.41) is 7.39. The van der Waals surface area contributed by atoms with Crippen LogP contribution in [-0.4, -0.2) is 28.7 Å². The van der Waals surface area contributed by atoms with Gasteiger partial charge in [-0.05, 0) is 50.2 Å². The standard InChI is InChI=1S/C25H21N3O4/c1-3-31-25(30)17-10-12-18(13-11-17)28-23(19-5-4-14-32-19)20-21(26-27-22(20)24(28)29)16-8-6-15(2)7-9-16/h4-14,23H,3H2,1-2H3,(H,26,27). The first-order chi connectivity index (χ1) is 15.6. The van der Waals surface area contributed by atoms with Gasteiger partial charge in [-0.3, -0.25) is 14.8 Å². The number of hydrogen-bond donors (Lipinski definition) is 1. The molecule has 7 nitrogen and oxygen atoms in total. The number of hydrogen-bond acceptors (Lipinski definition) is 5. The Morgan fingerprint density at radius 3 is 2.53 bits per heavy atom. The quantitative estimate of drug-likeness (QED) is 0.458. The topological polar surface area (TPSA) is 88.4 Å². The lowest BCUT2D eigenvalue weighted by molar-refractivity contribution is 0.0526. The van der Waals surface area contributed by atoms with Crippen LogP contribution in [-0.2, 0) is 4.74 Å². The SMILES string of the molecule is CCOC(=O)c1ccc(N2C(=O)c3[nH]nc(-c4ccc(C)cc4)c3C2c2ccco2)cc1. The maximum Gasteiger partial charge on any atom is 0.338 e. The highest BCUT2D eigenvalue weighted by molar-refractivity contribution is 6.11. The molecule has 2 aromatic heterocycles. The van der Waals surface area contributed by atoms with Crippen molar-refractivity contribution in [3.63, 3.8) is 0 Å². The maximum atomic E-state index is 13.4. The summed E-state index contributed by atoms with van der Waals surface area (Å²) in [7, 11) is 0. The average Bonchev–Trinajstić information content (AvgIpc) is 3.53. The number of anilines is 1. The van der Waals surface area contributed by atoms with E-state index in [1.807, 2.05) is 37.3 Å². The third-order valence-electron chi connectivity index (χ3n) is 5.56. The minimum Gasteiger partial charge on any atom is -0.467 e. The van der Waals surface area contributed by atoms with E-state index in [-0.39, 0.29) is 5.91 Å². The van der Waals surface area contributed by atoms with E-state index in [1.54, 1.807) is 48.4 Å². The molecule has 32 heavy (non-hydrogen) atoms. The summed E-state index contributed by atoms with van der Waals surface area (Å²) in [6, 6.07) is 18.0. The minimum absolute atomic E-state index is 0.212. The number of aromatic nitrogens is 2. The van der Waals surface area contributed by atoms with E-state index in [2.05, 4.69) is 10.2 Å². The molecule has 0 saturated heterocycles. The van der Waals surface area contributed by atoms with Crippen LogP contribution in [0.1, 0.15) is 50.7 Å². The van der Waals surface area contributed by atoms with E-state index in [9.17, 15) is 9.59 Å². The highest BCUT2D eigenvalue weighted by Gasteiger charge is 2.44. The fourth-order valence-corrected chi connectivity index (χ4v) is 4.03.